The Morgan fingerprint density at radius 3 is 1.80 bits per heavy atom. The summed E-state index contributed by atoms with van der Waals surface area (Å²) in [5.41, 5.74) is 0. The van der Waals surface area contributed by atoms with E-state index >= 15 is 0 Å². The summed E-state index contributed by atoms with van der Waals surface area (Å²) in [6.07, 6.45) is 26.0. The molecule has 9 nitrogen and oxygen atoms in total. The number of nitrogens with one attached hydrogen (secondary N) is 1. The summed E-state index contributed by atoms with van der Waals surface area (Å²) in [6.45, 7) is 3.47. The van der Waals surface area contributed by atoms with Gasteiger partial charge >= 0.3 is 0 Å². The van der Waals surface area contributed by atoms with Gasteiger partial charge in [0.25, 0.3) is 0 Å². The van der Waals surface area contributed by atoms with Crippen LogP contribution in [0.4, 0.5) is 0 Å². The third-order valence-corrected chi connectivity index (χ3v) is 8.45. The minimum Gasteiger partial charge on any atom is -0.394 e. The number of carbonyl (C=O) groups is 1. The van der Waals surface area contributed by atoms with Gasteiger partial charge in [-0.3, -0.25) is 4.79 Å². The zero-order chi connectivity index (χ0) is 33.8. The van der Waals surface area contributed by atoms with Crippen molar-refractivity contribution in [2.75, 3.05) is 13.2 Å². The fourth-order valence-corrected chi connectivity index (χ4v) is 5.40. The Balaban J connectivity index is 2.28. The van der Waals surface area contributed by atoms with Gasteiger partial charge in [0.2, 0.25) is 5.91 Å². The maximum atomic E-state index is 12.4. The first-order chi connectivity index (χ1) is 22.3. The van der Waals surface area contributed by atoms with Gasteiger partial charge in [0.1, 0.15) is 24.4 Å². The second kappa shape index (κ2) is 28.4. The molecular formula is C37H67NO8. The average molecular weight is 654 g/mol. The van der Waals surface area contributed by atoms with Crippen molar-refractivity contribution in [2.45, 2.75) is 179 Å². The molecule has 1 rings (SSSR count). The molecule has 0 aromatic carbocycles. The third-order valence-electron chi connectivity index (χ3n) is 8.45. The van der Waals surface area contributed by atoms with Gasteiger partial charge in [-0.05, 0) is 44.9 Å². The van der Waals surface area contributed by atoms with Gasteiger partial charge in [-0.1, -0.05) is 121 Å². The number of allylic oxidation sites excluding steroid dienone is 5. The fraction of sp³-hybridized carbons (Fsp3) is 0.811. The molecule has 0 radical (unpaired) electrons. The minimum atomic E-state index is -1.57. The molecule has 0 aromatic rings. The molecular weight excluding hydrogens is 586 g/mol. The second-order valence-corrected chi connectivity index (χ2v) is 12.6. The van der Waals surface area contributed by atoms with Crippen molar-refractivity contribution in [3.63, 3.8) is 0 Å². The highest BCUT2D eigenvalue weighted by Gasteiger charge is 2.44. The summed E-state index contributed by atoms with van der Waals surface area (Å²) in [5, 5.41) is 53.2. The molecule has 0 aromatic heterocycles. The molecule has 1 aliphatic heterocycles. The number of unbranched alkanes of at least 4 members (excludes halogenated alkanes) is 14. The molecule has 268 valence electrons. The van der Waals surface area contributed by atoms with Gasteiger partial charge in [0.15, 0.2) is 6.29 Å². The van der Waals surface area contributed by atoms with E-state index < -0.39 is 49.5 Å². The molecule has 1 saturated heterocycles. The Labute approximate surface area is 279 Å². The lowest BCUT2D eigenvalue weighted by atomic mass is 9.99. The van der Waals surface area contributed by atoms with Gasteiger partial charge in [0.05, 0.1) is 25.4 Å². The van der Waals surface area contributed by atoms with Crippen molar-refractivity contribution in [2.24, 2.45) is 0 Å². The number of aliphatic hydroxyl groups excluding tert-OH is 5. The molecule has 1 heterocycles. The van der Waals surface area contributed by atoms with Gasteiger partial charge in [-0.25, -0.2) is 0 Å². The summed E-state index contributed by atoms with van der Waals surface area (Å²) in [5.74, 6) is -0.229. The molecule has 0 spiro atoms. The average Bonchev–Trinajstić information content (AvgIpc) is 3.05. The van der Waals surface area contributed by atoms with Crippen LogP contribution in [0, 0.1) is 0 Å². The standard InChI is InChI=1S/C37H67NO8/c1-3-5-7-8-9-10-11-12-13-14-15-16-17-18-19-20-21-22-23-24-25-26-31(40)30(38-33(41)27-6-4-2)29-45-37-36(44)35(43)34(42)32(28-39)46-37/h17-18,21-22,25-26,30-32,34-37,39-40,42-44H,3-16,19-20,23-24,27-29H2,1-2H3,(H,38,41)/b18-17+,22-21+,26-25+. The summed E-state index contributed by atoms with van der Waals surface area (Å²) >= 11 is 0. The summed E-state index contributed by atoms with van der Waals surface area (Å²) < 4.78 is 11.0. The number of hydrogen-bond donors (Lipinski definition) is 6. The quantitative estimate of drug-likeness (QED) is 0.0461. The lowest BCUT2D eigenvalue weighted by molar-refractivity contribution is -0.302. The summed E-state index contributed by atoms with van der Waals surface area (Å²) in [7, 11) is 0. The molecule has 9 heteroatoms. The molecule has 1 amide bonds. The smallest absolute Gasteiger partial charge is 0.220 e. The number of carbonyl (C=O) groups excluding carboxylic acids is 1. The molecule has 46 heavy (non-hydrogen) atoms. The number of hydrogen-bond acceptors (Lipinski definition) is 8. The zero-order valence-electron chi connectivity index (χ0n) is 28.8. The molecule has 1 fully saturated rings. The van der Waals surface area contributed by atoms with Crippen molar-refractivity contribution in [3.05, 3.63) is 36.5 Å². The van der Waals surface area contributed by atoms with E-state index in [1.54, 1.807) is 6.08 Å². The fourth-order valence-electron chi connectivity index (χ4n) is 5.40. The van der Waals surface area contributed by atoms with Gasteiger partial charge in [-0.15, -0.1) is 0 Å². The topological polar surface area (TPSA) is 149 Å². The lowest BCUT2D eigenvalue weighted by Gasteiger charge is -2.40. The van der Waals surface area contributed by atoms with Crippen molar-refractivity contribution >= 4 is 5.91 Å². The first-order valence-electron chi connectivity index (χ1n) is 18.2. The SMILES string of the molecule is CCCCCCCCCCCCC/C=C/CC/C=C/CC/C=C/C(O)C(COC1OC(CO)C(O)C(O)C1O)NC(=O)CCCC. The first-order valence-corrected chi connectivity index (χ1v) is 18.2. The monoisotopic (exact) mass is 653 g/mol. The Bertz CT molecular complexity index is 817. The normalized spacial score (nSPS) is 23.5. The van der Waals surface area contributed by atoms with E-state index in [1.165, 1.54) is 77.0 Å². The molecule has 1 aliphatic rings. The van der Waals surface area contributed by atoms with Crippen molar-refractivity contribution in [1.29, 1.82) is 0 Å². The van der Waals surface area contributed by atoms with E-state index in [1.807, 2.05) is 13.0 Å². The number of aliphatic hydroxyl groups is 5. The predicted octanol–water partition coefficient (Wildman–Crippen LogP) is 5.77. The highest BCUT2D eigenvalue weighted by atomic mass is 16.7. The second-order valence-electron chi connectivity index (χ2n) is 12.6. The van der Waals surface area contributed by atoms with Gasteiger partial charge < -0.3 is 40.3 Å². The van der Waals surface area contributed by atoms with Crippen molar-refractivity contribution < 1.29 is 39.8 Å². The molecule has 0 saturated carbocycles. The summed E-state index contributed by atoms with van der Waals surface area (Å²) in [4.78, 5) is 12.4. The van der Waals surface area contributed by atoms with Crippen LogP contribution in [0.2, 0.25) is 0 Å². The van der Waals surface area contributed by atoms with Crippen molar-refractivity contribution in [1.82, 2.24) is 5.32 Å². The van der Waals surface area contributed by atoms with E-state index in [0.29, 0.717) is 12.8 Å². The van der Waals surface area contributed by atoms with Crippen LogP contribution in [-0.4, -0.2) is 87.5 Å². The van der Waals surface area contributed by atoms with Gasteiger partial charge in [0, 0.05) is 6.42 Å². The van der Waals surface area contributed by atoms with Crippen LogP contribution in [0.3, 0.4) is 0 Å². The Morgan fingerprint density at radius 1 is 0.717 bits per heavy atom. The van der Waals surface area contributed by atoms with Crippen LogP contribution >= 0.6 is 0 Å². The van der Waals surface area contributed by atoms with E-state index in [4.69, 9.17) is 9.47 Å². The molecule has 0 aliphatic carbocycles. The number of amides is 1. The zero-order valence-corrected chi connectivity index (χ0v) is 28.8. The van der Waals surface area contributed by atoms with Gasteiger partial charge in [-0.2, -0.15) is 0 Å². The lowest BCUT2D eigenvalue weighted by Crippen LogP contribution is -2.60. The van der Waals surface area contributed by atoms with Crippen LogP contribution in [0.1, 0.15) is 136 Å². The number of ether oxygens (including phenoxy) is 2. The highest BCUT2D eigenvalue weighted by molar-refractivity contribution is 5.76. The van der Waals surface area contributed by atoms with Crippen LogP contribution in [0.15, 0.2) is 36.5 Å². The van der Waals surface area contributed by atoms with Crippen LogP contribution < -0.4 is 5.32 Å². The number of rotatable bonds is 28. The Morgan fingerprint density at radius 2 is 1.24 bits per heavy atom. The molecule has 0 bridgehead atoms. The van der Waals surface area contributed by atoms with Crippen LogP contribution in [0.5, 0.6) is 0 Å². The Hall–Kier alpha value is -1.59. The predicted molar refractivity (Wildman–Crippen MR) is 184 cm³/mol. The molecule has 6 N–H and O–H groups in total. The van der Waals surface area contributed by atoms with Crippen LogP contribution in [-0.2, 0) is 14.3 Å². The molecule has 7 unspecified atom stereocenters. The summed E-state index contributed by atoms with van der Waals surface area (Å²) in [6, 6.07) is -0.819. The van der Waals surface area contributed by atoms with Crippen molar-refractivity contribution in [3.8, 4) is 0 Å². The van der Waals surface area contributed by atoms with Crippen LogP contribution in [0.25, 0.3) is 0 Å². The first kappa shape index (κ1) is 42.4. The van der Waals surface area contributed by atoms with E-state index in [9.17, 15) is 30.3 Å². The molecule has 7 atom stereocenters. The van der Waals surface area contributed by atoms with E-state index in [0.717, 1.165) is 32.1 Å². The Kier molecular flexibility index (Phi) is 26.2. The largest absolute Gasteiger partial charge is 0.394 e. The van der Waals surface area contributed by atoms with E-state index in [2.05, 4.69) is 36.5 Å². The van der Waals surface area contributed by atoms with E-state index in [-0.39, 0.29) is 12.5 Å². The minimum absolute atomic E-state index is 0.210. The maximum absolute atomic E-state index is 12.4. The third kappa shape index (κ3) is 19.9. The maximum Gasteiger partial charge on any atom is 0.220 e. The highest BCUT2D eigenvalue weighted by Crippen LogP contribution is 2.22.